The molecule has 6 nitrogen and oxygen atoms in total. The van der Waals surface area contributed by atoms with Crippen LogP contribution in [-0.4, -0.2) is 54.0 Å². The van der Waals surface area contributed by atoms with E-state index in [9.17, 15) is 9.59 Å². The van der Waals surface area contributed by atoms with Crippen LogP contribution in [0.1, 0.15) is 46.5 Å². The highest BCUT2D eigenvalue weighted by atomic mass is 32.2. The van der Waals surface area contributed by atoms with E-state index >= 15 is 0 Å². The predicted octanol–water partition coefficient (Wildman–Crippen LogP) is 1.75. The van der Waals surface area contributed by atoms with Crippen molar-refractivity contribution in [1.82, 2.24) is 15.6 Å². The first kappa shape index (κ1) is 21.2. The van der Waals surface area contributed by atoms with Gasteiger partial charge in [0.05, 0.1) is 12.1 Å². The molecule has 0 saturated heterocycles. The van der Waals surface area contributed by atoms with Crippen molar-refractivity contribution in [2.75, 3.05) is 31.6 Å². The van der Waals surface area contributed by atoms with Crippen molar-refractivity contribution in [3.05, 3.63) is 0 Å². The molecule has 0 spiro atoms. The van der Waals surface area contributed by atoms with Crippen molar-refractivity contribution in [1.29, 1.82) is 0 Å². The molecule has 22 heavy (non-hydrogen) atoms. The summed E-state index contributed by atoms with van der Waals surface area (Å²) in [6.07, 6.45) is 7.06. The first-order valence-corrected chi connectivity index (χ1v) is 9.25. The summed E-state index contributed by atoms with van der Waals surface area (Å²) >= 11 is 1.89. The number of nitrogens with one attached hydrogen (secondary N) is 2. The Balaban J connectivity index is 3.66. The third-order valence-electron chi connectivity index (χ3n) is 3.54. The van der Waals surface area contributed by atoms with E-state index in [0.717, 1.165) is 18.0 Å². The Morgan fingerprint density at radius 2 is 1.77 bits per heavy atom. The quantitative estimate of drug-likeness (QED) is 0.219. The summed E-state index contributed by atoms with van der Waals surface area (Å²) in [6, 6.07) is -0.431. The Morgan fingerprint density at radius 3 is 2.36 bits per heavy atom. The maximum absolute atomic E-state index is 11.8. The second kappa shape index (κ2) is 11.7. The van der Waals surface area contributed by atoms with E-state index < -0.39 is 11.6 Å². The monoisotopic (exact) mass is 332 g/mol. The molecule has 0 aliphatic rings. The fraction of sp³-hybridized carbons (Fsp3) is 0.867. The number of hydrogen-bond acceptors (Lipinski definition) is 5. The number of hydrogen-bond donors (Lipinski definition) is 3. The van der Waals surface area contributed by atoms with Gasteiger partial charge in [-0.25, -0.2) is 10.6 Å². The van der Waals surface area contributed by atoms with E-state index in [1.54, 1.807) is 13.8 Å². The number of hydrazine groups is 1. The summed E-state index contributed by atoms with van der Waals surface area (Å²) in [5, 5.41) is 7.00. The topological polar surface area (TPSA) is 87.5 Å². The minimum atomic E-state index is -0.890. The number of thioether (sulfide) groups is 1. The van der Waals surface area contributed by atoms with E-state index in [4.69, 9.17) is 5.84 Å². The van der Waals surface area contributed by atoms with Crippen molar-refractivity contribution < 1.29 is 9.59 Å². The van der Waals surface area contributed by atoms with Crippen molar-refractivity contribution in [2.45, 2.75) is 52.0 Å². The number of nitrogens with zero attached hydrogens (tertiary/aromatic N) is 1. The van der Waals surface area contributed by atoms with E-state index in [-0.39, 0.29) is 5.78 Å². The van der Waals surface area contributed by atoms with Crippen LogP contribution in [0.15, 0.2) is 0 Å². The number of urea groups is 1. The molecule has 0 bridgehead atoms. The molecule has 0 atom stereocenters. The molecule has 0 rings (SSSR count). The molecule has 7 heteroatoms. The maximum atomic E-state index is 11.8. The Kier molecular flexibility index (Phi) is 11.3. The van der Waals surface area contributed by atoms with Gasteiger partial charge in [-0.1, -0.05) is 12.8 Å². The van der Waals surface area contributed by atoms with Gasteiger partial charge in [0.25, 0.3) is 0 Å². The van der Waals surface area contributed by atoms with Crippen LogP contribution in [-0.2, 0) is 4.79 Å². The highest BCUT2D eigenvalue weighted by Crippen LogP contribution is 2.04. The molecule has 0 aliphatic carbocycles. The maximum Gasteiger partial charge on any atom is 0.332 e. The predicted molar refractivity (Wildman–Crippen MR) is 93.9 cm³/mol. The van der Waals surface area contributed by atoms with Gasteiger partial charge in [-0.2, -0.15) is 11.8 Å². The van der Waals surface area contributed by atoms with Crippen LogP contribution >= 0.6 is 11.8 Å². The van der Waals surface area contributed by atoms with Gasteiger partial charge < -0.3 is 10.6 Å². The molecule has 0 aliphatic heterocycles. The van der Waals surface area contributed by atoms with Crippen LogP contribution in [0.5, 0.6) is 0 Å². The number of carbonyl (C=O) groups is 2. The zero-order valence-corrected chi connectivity index (χ0v) is 15.2. The Labute approximate surface area is 138 Å². The zero-order chi connectivity index (χ0) is 17.0. The van der Waals surface area contributed by atoms with Gasteiger partial charge in [0.1, 0.15) is 0 Å². The molecule has 0 aromatic heterocycles. The first-order chi connectivity index (χ1) is 10.3. The zero-order valence-electron chi connectivity index (χ0n) is 14.4. The smallest absolute Gasteiger partial charge is 0.325 e. The Hall–Kier alpha value is -0.790. The van der Waals surface area contributed by atoms with E-state index in [1.165, 1.54) is 31.9 Å². The summed E-state index contributed by atoms with van der Waals surface area (Å²) in [5.74, 6) is 6.82. The summed E-state index contributed by atoms with van der Waals surface area (Å²) in [7, 11) is 0. The van der Waals surface area contributed by atoms with E-state index in [1.807, 2.05) is 11.8 Å². The molecule has 0 heterocycles. The lowest BCUT2D eigenvalue weighted by Crippen LogP contribution is -2.56. The van der Waals surface area contributed by atoms with Gasteiger partial charge in [-0.15, -0.1) is 0 Å². The molecule has 0 radical (unpaired) electrons. The standard InChI is InChI=1S/C15H32N4O2S/c1-13(20)15(2,3)18-14(21)19(16)11-10-17-9-7-5-6-8-12-22-4/h17H,5-12,16H2,1-4H3,(H,18,21). The van der Waals surface area contributed by atoms with Crippen molar-refractivity contribution in [3.8, 4) is 0 Å². The molecular formula is C15H32N4O2S. The molecule has 0 aromatic carbocycles. The third-order valence-corrected chi connectivity index (χ3v) is 4.24. The average Bonchev–Trinajstić information content (AvgIpc) is 2.44. The van der Waals surface area contributed by atoms with Gasteiger partial charge >= 0.3 is 6.03 Å². The van der Waals surface area contributed by atoms with Crippen LogP contribution in [0.25, 0.3) is 0 Å². The number of rotatable bonds is 12. The van der Waals surface area contributed by atoms with Crippen LogP contribution in [0.4, 0.5) is 4.79 Å². The number of nitrogens with two attached hydrogens (primary N) is 1. The molecule has 0 fully saturated rings. The van der Waals surface area contributed by atoms with Gasteiger partial charge in [0.2, 0.25) is 0 Å². The van der Waals surface area contributed by atoms with Crippen LogP contribution in [0.2, 0.25) is 0 Å². The first-order valence-electron chi connectivity index (χ1n) is 7.86. The van der Waals surface area contributed by atoms with E-state index in [2.05, 4.69) is 16.9 Å². The molecule has 0 aromatic rings. The fourth-order valence-electron chi connectivity index (χ4n) is 1.70. The molecule has 4 N–H and O–H groups in total. The highest BCUT2D eigenvalue weighted by molar-refractivity contribution is 7.98. The summed E-state index contributed by atoms with van der Waals surface area (Å²) < 4.78 is 0. The van der Waals surface area contributed by atoms with Gasteiger partial charge in [0.15, 0.2) is 5.78 Å². The third kappa shape index (κ3) is 10.0. The van der Waals surface area contributed by atoms with Gasteiger partial charge in [0, 0.05) is 6.54 Å². The molecule has 130 valence electrons. The lowest BCUT2D eigenvalue weighted by molar-refractivity contribution is -0.121. The second-order valence-electron chi connectivity index (χ2n) is 5.96. The SMILES string of the molecule is CSCCCCCCNCCN(N)C(=O)NC(C)(C)C(C)=O. The van der Waals surface area contributed by atoms with E-state index in [0.29, 0.717) is 13.1 Å². The molecule has 0 unspecified atom stereocenters. The fourth-order valence-corrected chi connectivity index (χ4v) is 2.20. The Bertz CT molecular complexity index is 338. The lowest BCUT2D eigenvalue weighted by Gasteiger charge is -2.26. The van der Waals surface area contributed by atoms with Gasteiger partial charge in [-0.05, 0) is 52.2 Å². The largest absolute Gasteiger partial charge is 0.332 e. The van der Waals surface area contributed by atoms with Crippen molar-refractivity contribution in [2.24, 2.45) is 5.84 Å². The average molecular weight is 333 g/mol. The number of Topliss-reactive ketones (excluding diaryl/α,β-unsaturated/α-hetero) is 1. The Morgan fingerprint density at radius 1 is 1.14 bits per heavy atom. The second-order valence-corrected chi connectivity index (χ2v) is 6.95. The summed E-state index contributed by atoms with van der Waals surface area (Å²) in [6.45, 7) is 6.77. The number of amides is 2. The lowest BCUT2D eigenvalue weighted by atomic mass is 10.0. The molecular weight excluding hydrogens is 300 g/mol. The highest BCUT2D eigenvalue weighted by Gasteiger charge is 2.27. The van der Waals surface area contributed by atoms with Crippen molar-refractivity contribution >= 4 is 23.6 Å². The molecule has 0 saturated carbocycles. The van der Waals surface area contributed by atoms with Gasteiger partial charge in [-0.3, -0.25) is 9.80 Å². The normalized spacial score (nSPS) is 11.3. The molecule has 2 amide bonds. The summed E-state index contributed by atoms with van der Waals surface area (Å²) in [5.41, 5.74) is -0.890. The minimum absolute atomic E-state index is 0.103. The van der Waals surface area contributed by atoms with Crippen LogP contribution in [0, 0.1) is 0 Å². The minimum Gasteiger partial charge on any atom is -0.325 e. The van der Waals surface area contributed by atoms with Crippen LogP contribution in [0.3, 0.4) is 0 Å². The number of ketones is 1. The summed E-state index contributed by atoms with van der Waals surface area (Å²) in [4.78, 5) is 23.2. The van der Waals surface area contributed by atoms with Crippen molar-refractivity contribution in [3.63, 3.8) is 0 Å². The number of carbonyl (C=O) groups excluding carboxylic acids is 2. The number of unbranched alkanes of at least 4 members (excludes halogenated alkanes) is 3. The van der Waals surface area contributed by atoms with Crippen LogP contribution < -0.4 is 16.5 Å².